The molecule has 6 nitrogen and oxygen atoms in total. The van der Waals surface area contributed by atoms with Crippen LogP contribution in [0.3, 0.4) is 0 Å². The summed E-state index contributed by atoms with van der Waals surface area (Å²) in [7, 11) is 0. The van der Waals surface area contributed by atoms with Gasteiger partial charge in [0, 0.05) is 0 Å². The number of nitrogens with zero attached hydrogens (tertiary/aromatic N) is 3. The Hall–Kier alpha value is -1.28. The highest BCUT2D eigenvalue weighted by atomic mass is 79.9. The number of halogens is 2. The maximum absolute atomic E-state index is 11.8. The average molecular weight is 362 g/mol. The van der Waals surface area contributed by atoms with Crippen LogP contribution in [0.15, 0.2) is 26.2 Å². The molecule has 0 saturated carbocycles. The van der Waals surface area contributed by atoms with E-state index < -0.39 is 5.91 Å². The Morgan fingerprint density at radius 3 is 2.76 bits per heavy atom. The molecule has 0 spiro atoms. The molecule has 0 aliphatic rings. The summed E-state index contributed by atoms with van der Waals surface area (Å²) in [5.41, 5.74) is 0.517. The van der Waals surface area contributed by atoms with E-state index in [2.05, 4.69) is 52.1 Å². The van der Waals surface area contributed by atoms with E-state index in [1.165, 1.54) is 12.6 Å². The zero-order valence-corrected chi connectivity index (χ0v) is 11.7. The summed E-state index contributed by atoms with van der Waals surface area (Å²) >= 11 is 6.36. The molecule has 8 heteroatoms. The third-order valence-corrected chi connectivity index (χ3v) is 2.82. The lowest BCUT2D eigenvalue weighted by Crippen LogP contribution is -2.14. The number of aryl methyl sites for hydroxylation is 1. The number of nitrogens with one attached hydrogen (secondary N) is 1. The first kappa shape index (κ1) is 12.2. The zero-order chi connectivity index (χ0) is 12.4. The normalized spacial score (nSPS) is 10.3. The van der Waals surface area contributed by atoms with Crippen LogP contribution in [0.4, 0.5) is 5.82 Å². The second kappa shape index (κ2) is 4.92. The number of oxazole rings is 1. The molecule has 0 atom stereocenters. The molecule has 88 valence electrons. The fraction of sp³-hybridized carbons (Fsp3) is 0.111. The lowest BCUT2D eigenvalue weighted by atomic mass is 10.3. The van der Waals surface area contributed by atoms with Gasteiger partial charge in [0.2, 0.25) is 5.76 Å². The van der Waals surface area contributed by atoms with Crippen LogP contribution in [0.5, 0.6) is 0 Å². The van der Waals surface area contributed by atoms with Crippen molar-refractivity contribution in [3.05, 3.63) is 33.3 Å². The second-order valence-corrected chi connectivity index (χ2v) is 4.62. The molecule has 17 heavy (non-hydrogen) atoms. The van der Waals surface area contributed by atoms with Crippen molar-refractivity contribution in [1.29, 1.82) is 0 Å². The zero-order valence-electron chi connectivity index (χ0n) is 8.57. The maximum atomic E-state index is 11.8. The fourth-order valence-corrected chi connectivity index (χ4v) is 2.02. The molecule has 1 amide bonds. The van der Waals surface area contributed by atoms with Crippen molar-refractivity contribution < 1.29 is 9.21 Å². The molecule has 1 N–H and O–H groups in total. The first-order valence-corrected chi connectivity index (χ1v) is 6.06. The Kier molecular flexibility index (Phi) is 3.53. The molecule has 0 bridgehead atoms. The summed E-state index contributed by atoms with van der Waals surface area (Å²) in [6, 6.07) is 0. The van der Waals surface area contributed by atoms with Crippen molar-refractivity contribution in [3.63, 3.8) is 0 Å². The number of carbonyl (C=O) groups excluding carboxylic acids is 1. The quantitative estimate of drug-likeness (QED) is 0.888. The highest BCUT2D eigenvalue weighted by Crippen LogP contribution is 2.20. The average Bonchev–Trinajstić information content (AvgIpc) is 2.68. The number of hydrogen-bond acceptors (Lipinski definition) is 5. The van der Waals surface area contributed by atoms with Crippen LogP contribution >= 0.6 is 31.9 Å². The summed E-state index contributed by atoms with van der Waals surface area (Å²) in [4.78, 5) is 23.7. The topological polar surface area (TPSA) is 80.9 Å². The number of hydrogen-bond donors (Lipinski definition) is 1. The van der Waals surface area contributed by atoms with Crippen LogP contribution in [0.25, 0.3) is 0 Å². The van der Waals surface area contributed by atoms with Crippen LogP contribution in [0.2, 0.25) is 0 Å². The van der Waals surface area contributed by atoms with E-state index in [0.717, 1.165) is 0 Å². The Morgan fingerprint density at radius 2 is 2.18 bits per heavy atom. The Labute approximate surface area is 113 Å². The van der Waals surface area contributed by atoms with Crippen molar-refractivity contribution in [3.8, 4) is 0 Å². The first-order valence-electron chi connectivity index (χ1n) is 4.47. The summed E-state index contributed by atoms with van der Waals surface area (Å²) in [6.07, 6.45) is 2.69. The second-order valence-electron chi connectivity index (χ2n) is 3.05. The maximum Gasteiger partial charge on any atom is 0.294 e. The third-order valence-electron chi connectivity index (χ3n) is 1.88. The van der Waals surface area contributed by atoms with Gasteiger partial charge in [-0.1, -0.05) is 0 Å². The van der Waals surface area contributed by atoms with E-state index in [1.54, 1.807) is 6.92 Å². The molecular weight excluding hydrogens is 356 g/mol. The van der Waals surface area contributed by atoms with Gasteiger partial charge in [-0.3, -0.25) is 4.79 Å². The van der Waals surface area contributed by atoms with Crippen LogP contribution in [-0.2, 0) is 0 Å². The molecule has 2 heterocycles. The van der Waals surface area contributed by atoms with Crippen LogP contribution in [0.1, 0.15) is 16.2 Å². The number of amides is 1. The molecule has 0 saturated heterocycles. The van der Waals surface area contributed by atoms with Gasteiger partial charge in [-0.2, -0.15) is 0 Å². The lowest BCUT2D eigenvalue weighted by molar-refractivity contribution is 0.0995. The minimum Gasteiger partial charge on any atom is -0.438 e. The minimum atomic E-state index is -0.419. The van der Waals surface area contributed by atoms with Gasteiger partial charge in [0.15, 0.2) is 12.2 Å². The van der Waals surface area contributed by atoms with Crippen LogP contribution in [-0.4, -0.2) is 20.9 Å². The molecule has 0 radical (unpaired) electrons. The van der Waals surface area contributed by atoms with Gasteiger partial charge in [0.1, 0.15) is 9.21 Å². The van der Waals surface area contributed by atoms with E-state index in [9.17, 15) is 4.79 Å². The highest BCUT2D eigenvalue weighted by Gasteiger charge is 2.16. The molecule has 2 rings (SSSR count). The van der Waals surface area contributed by atoms with Gasteiger partial charge in [-0.15, -0.1) is 0 Å². The van der Waals surface area contributed by atoms with Gasteiger partial charge in [-0.25, -0.2) is 15.0 Å². The Morgan fingerprint density at radius 1 is 1.41 bits per heavy atom. The number of aromatic nitrogens is 3. The standard InChI is InChI=1S/C9H6Br2N4O2/c1-4-6(17-3-13-4)9(16)15-8-7(11)14-5(10)2-12-8/h2-3H,1H3,(H,12,15,16). The molecule has 0 unspecified atom stereocenters. The molecule has 0 aliphatic carbocycles. The Bertz CT molecular complexity index is 570. The van der Waals surface area contributed by atoms with E-state index >= 15 is 0 Å². The van der Waals surface area contributed by atoms with Crippen LogP contribution in [0, 0.1) is 6.92 Å². The number of carbonyl (C=O) groups is 1. The molecular formula is C9H6Br2N4O2. The van der Waals surface area contributed by atoms with E-state index in [4.69, 9.17) is 4.42 Å². The van der Waals surface area contributed by atoms with Crippen molar-refractivity contribution in [2.45, 2.75) is 6.92 Å². The van der Waals surface area contributed by atoms with Crippen molar-refractivity contribution in [2.24, 2.45) is 0 Å². The summed E-state index contributed by atoms with van der Waals surface area (Å²) < 4.78 is 5.96. The van der Waals surface area contributed by atoms with Crippen molar-refractivity contribution in [2.75, 3.05) is 5.32 Å². The smallest absolute Gasteiger partial charge is 0.294 e. The van der Waals surface area contributed by atoms with E-state index in [0.29, 0.717) is 20.7 Å². The van der Waals surface area contributed by atoms with Gasteiger partial charge in [0.05, 0.1) is 11.9 Å². The third kappa shape index (κ3) is 2.70. The van der Waals surface area contributed by atoms with Crippen LogP contribution < -0.4 is 5.32 Å². The molecule has 2 aromatic rings. The lowest BCUT2D eigenvalue weighted by Gasteiger charge is -2.04. The molecule has 0 aromatic carbocycles. The van der Waals surface area contributed by atoms with E-state index in [1.807, 2.05) is 0 Å². The predicted molar refractivity (Wildman–Crippen MR) is 66.6 cm³/mol. The number of rotatable bonds is 2. The fourth-order valence-electron chi connectivity index (χ4n) is 1.11. The van der Waals surface area contributed by atoms with Gasteiger partial charge >= 0.3 is 0 Å². The largest absolute Gasteiger partial charge is 0.438 e. The first-order chi connectivity index (χ1) is 8.08. The van der Waals surface area contributed by atoms with Gasteiger partial charge in [-0.05, 0) is 38.8 Å². The minimum absolute atomic E-state index is 0.154. The van der Waals surface area contributed by atoms with Gasteiger partial charge in [0.25, 0.3) is 5.91 Å². The summed E-state index contributed by atoms with van der Waals surface area (Å²) in [6.45, 7) is 1.68. The summed E-state index contributed by atoms with van der Waals surface area (Å²) in [5.74, 6) is 0.0490. The SMILES string of the molecule is Cc1ncoc1C(=O)Nc1ncc(Br)nc1Br. The number of anilines is 1. The van der Waals surface area contributed by atoms with Crippen molar-refractivity contribution in [1.82, 2.24) is 15.0 Å². The summed E-state index contributed by atoms with van der Waals surface area (Å²) in [5, 5.41) is 2.57. The molecule has 2 aromatic heterocycles. The van der Waals surface area contributed by atoms with Gasteiger partial charge < -0.3 is 9.73 Å². The highest BCUT2D eigenvalue weighted by molar-refractivity contribution is 9.11. The molecule has 0 fully saturated rings. The monoisotopic (exact) mass is 360 g/mol. The van der Waals surface area contributed by atoms with E-state index in [-0.39, 0.29) is 5.76 Å². The molecule has 0 aliphatic heterocycles. The van der Waals surface area contributed by atoms with Crippen molar-refractivity contribution >= 4 is 43.6 Å². The predicted octanol–water partition coefficient (Wildman–Crippen LogP) is 2.55. The Balaban J connectivity index is 2.22.